The van der Waals surface area contributed by atoms with Crippen molar-refractivity contribution in [2.45, 2.75) is 58.0 Å². The summed E-state index contributed by atoms with van der Waals surface area (Å²) in [5.41, 5.74) is 0. The molecule has 0 saturated heterocycles. The average Bonchev–Trinajstić information content (AvgIpc) is 2.97. The maximum atomic E-state index is 11.8. The minimum Gasteiger partial charge on any atom is -0.480 e. The Balaban J connectivity index is 1.80. The lowest BCUT2D eigenvalue weighted by Crippen LogP contribution is -2.50. The van der Waals surface area contributed by atoms with Gasteiger partial charge in [-0.3, -0.25) is 0 Å². The summed E-state index contributed by atoms with van der Waals surface area (Å²) in [6.45, 7) is 3.78. The first kappa shape index (κ1) is 14.2. The molecule has 5 heteroatoms. The summed E-state index contributed by atoms with van der Waals surface area (Å²) >= 11 is 0. The second kappa shape index (κ2) is 5.80. The number of hydrogen-bond acceptors (Lipinski definition) is 2. The van der Waals surface area contributed by atoms with Gasteiger partial charge in [0, 0.05) is 6.04 Å². The molecule has 0 spiro atoms. The second-order valence-corrected chi connectivity index (χ2v) is 6.04. The van der Waals surface area contributed by atoms with Crippen LogP contribution in [0.15, 0.2) is 0 Å². The van der Waals surface area contributed by atoms with Crippen molar-refractivity contribution >= 4 is 12.0 Å². The number of carboxylic acids is 1. The van der Waals surface area contributed by atoms with Gasteiger partial charge >= 0.3 is 12.0 Å². The van der Waals surface area contributed by atoms with Crippen LogP contribution >= 0.6 is 0 Å². The Bertz CT molecular complexity index is 359. The highest BCUT2D eigenvalue weighted by molar-refractivity contribution is 5.82. The van der Waals surface area contributed by atoms with Crippen molar-refractivity contribution in [2.24, 2.45) is 17.8 Å². The number of carbonyl (C=O) groups is 2. The van der Waals surface area contributed by atoms with Gasteiger partial charge in [-0.25, -0.2) is 9.59 Å². The first-order chi connectivity index (χ1) is 9.01. The summed E-state index contributed by atoms with van der Waals surface area (Å²) < 4.78 is 0. The van der Waals surface area contributed by atoms with E-state index in [0.29, 0.717) is 12.3 Å². The number of carboxylic acid groups (broad SMARTS) is 1. The van der Waals surface area contributed by atoms with Crippen molar-refractivity contribution in [1.82, 2.24) is 10.6 Å². The van der Waals surface area contributed by atoms with E-state index in [4.69, 9.17) is 5.11 Å². The van der Waals surface area contributed by atoms with Crippen LogP contribution in [0.3, 0.4) is 0 Å². The largest absolute Gasteiger partial charge is 0.480 e. The third-order valence-electron chi connectivity index (χ3n) is 4.81. The number of aliphatic carboxylic acids is 1. The Morgan fingerprint density at radius 3 is 2.47 bits per heavy atom. The molecule has 2 bridgehead atoms. The fraction of sp³-hybridized carbons (Fsp3) is 0.857. The quantitative estimate of drug-likeness (QED) is 0.713. The molecule has 2 aliphatic carbocycles. The van der Waals surface area contributed by atoms with Gasteiger partial charge < -0.3 is 15.7 Å². The lowest BCUT2D eigenvalue weighted by atomic mass is 9.84. The Kier molecular flexibility index (Phi) is 4.32. The zero-order valence-corrected chi connectivity index (χ0v) is 11.7. The van der Waals surface area contributed by atoms with Crippen LogP contribution in [0.1, 0.15) is 46.0 Å². The van der Waals surface area contributed by atoms with Gasteiger partial charge in [0.05, 0.1) is 0 Å². The van der Waals surface area contributed by atoms with E-state index in [0.717, 1.165) is 11.8 Å². The zero-order valence-electron chi connectivity index (χ0n) is 11.7. The van der Waals surface area contributed by atoms with Crippen LogP contribution in [0.4, 0.5) is 4.79 Å². The molecule has 2 saturated carbocycles. The minimum atomic E-state index is -0.981. The lowest BCUT2D eigenvalue weighted by molar-refractivity contribution is -0.139. The first-order valence-electron chi connectivity index (χ1n) is 7.31. The van der Waals surface area contributed by atoms with Crippen LogP contribution < -0.4 is 10.6 Å². The van der Waals surface area contributed by atoms with E-state index in [2.05, 4.69) is 10.6 Å². The highest BCUT2D eigenvalue weighted by Crippen LogP contribution is 2.49. The van der Waals surface area contributed by atoms with Crippen LogP contribution in [-0.2, 0) is 4.79 Å². The number of fused-ring (bicyclic) bond motifs is 2. The van der Waals surface area contributed by atoms with Crippen LogP contribution in [0, 0.1) is 17.8 Å². The molecule has 19 heavy (non-hydrogen) atoms. The Morgan fingerprint density at radius 1 is 1.26 bits per heavy atom. The van der Waals surface area contributed by atoms with Crippen molar-refractivity contribution in [2.75, 3.05) is 0 Å². The highest BCUT2D eigenvalue weighted by Gasteiger charge is 2.42. The fourth-order valence-electron chi connectivity index (χ4n) is 3.76. The third kappa shape index (κ3) is 3.19. The molecule has 5 atom stereocenters. The van der Waals surface area contributed by atoms with Crippen molar-refractivity contribution in [3.63, 3.8) is 0 Å². The van der Waals surface area contributed by atoms with Crippen LogP contribution in [0.5, 0.6) is 0 Å². The summed E-state index contributed by atoms with van der Waals surface area (Å²) in [6.07, 6.45) is 5.55. The molecular weight excluding hydrogens is 244 g/mol. The van der Waals surface area contributed by atoms with Gasteiger partial charge in [0.1, 0.15) is 6.04 Å². The SMILES string of the molecule is CC[C@H](NC(=O)NC(C)C1CC2CCC1C2)C(=O)O. The Hall–Kier alpha value is -1.26. The summed E-state index contributed by atoms with van der Waals surface area (Å²) in [6, 6.07) is -1.03. The molecule has 4 unspecified atom stereocenters. The highest BCUT2D eigenvalue weighted by atomic mass is 16.4. The van der Waals surface area contributed by atoms with Gasteiger partial charge in [-0.1, -0.05) is 13.3 Å². The number of rotatable bonds is 5. The van der Waals surface area contributed by atoms with E-state index in [9.17, 15) is 9.59 Å². The molecule has 5 nitrogen and oxygen atoms in total. The van der Waals surface area contributed by atoms with E-state index in [1.807, 2.05) is 6.92 Å². The molecule has 0 aromatic carbocycles. The van der Waals surface area contributed by atoms with Crippen LogP contribution in [-0.4, -0.2) is 29.2 Å². The molecule has 0 aromatic rings. The smallest absolute Gasteiger partial charge is 0.326 e. The molecule has 2 fully saturated rings. The molecule has 0 radical (unpaired) electrons. The monoisotopic (exact) mass is 268 g/mol. The van der Waals surface area contributed by atoms with Crippen LogP contribution in [0.2, 0.25) is 0 Å². The van der Waals surface area contributed by atoms with E-state index >= 15 is 0 Å². The van der Waals surface area contributed by atoms with E-state index in [1.54, 1.807) is 6.92 Å². The molecular formula is C14H24N2O3. The van der Waals surface area contributed by atoms with Crippen LogP contribution in [0.25, 0.3) is 0 Å². The molecule has 2 rings (SSSR count). The third-order valence-corrected chi connectivity index (χ3v) is 4.81. The van der Waals surface area contributed by atoms with Crippen molar-refractivity contribution in [3.05, 3.63) is 0 Å². The van der Waals surface area contributed by atoms with Crippen molar-refractivity contribution in [3.8, 4) is 0 Å². The Labute approximate surface area is 114 Å². The molecule has 0 heterocycles. The second-order valence-electron chi connectivity index (χ2n) is 6.04. The lowest BCUT2D eigenvalue weighted by Gasteiger charge is -2.29. The molecule has 108 valence electrons. The van der Waals surface area contributed by atoms with Gasteiger partial charge in [-0.15, -0.1) is 0 Å². The number of amides is 2. The predicted octanol–water partition coefficient (Wildman–Crippen LogP) is 1.97. The molecule has 2 amide bonds. The minimum absolute atomic E-state index is 0.126. The normalized spacial score (nSPS) is 31.8. The standard InChI is InChI=1S/C14H24N2O3/c1-3-12(13(17)18)16-14(19)15-8(2)11-7-9-4-5-10(11)6-9/h8-12H,3-7H2,1-2H3,(H,17,18)(H2,15,16,19)/t8?,9?,10?,11?,12-/m0/s1. The molecule has 2 aliphatic rings. The molecule has 0 aliphatic heterocycles. The van der Waals surface area contributed by atoms with Gasteiger partial charge in [0.2, 0.25) is 0 Å². The fourth-order valence-corrected chi connectivity index (χ4v) is 3.76. The summed E-state index contributed by atoms with van der Waals surface area (Å²) in [4.78, 5) is 22.7. The summed E-state index contributed by atoms with van der Waals surface area (Å²) in [7, 11) is 0. The topological polar surface area (TPSA) is 78.4 Å². The first-order valence-corrected chi connectivity index (χ1v) is 7.31. The maximum absolute atomic E-state index is 11.8. The van der Waals surface area contributed by atoms with Crippen molar-refractivity contribution in [1.29, 1.82) is 0 Å². The van der Waals surface area contributed by atoms with Crippen molar-refractivity contribution < 1.29 is 14.7 Å². The predicted molar refractivity (Wildman–Crippen MR) is 71.8 cm³/mol. The average molecular weight is 268 g/mol. The number of urea groups is 1. The van der Waals surface area contributed by atoms with Gasteiger partial charge in [0.15, 0.2) is 0 Å². The number of hydrogen-bond donors (Lipinski definition) is 3. The van der Waals surface area contributed by atoms with Gasteiger partial charge in [-0.05, 0) is 50.4 Å². The molecule has 0 aromatic heterocycles. The maximum Gasteiger partial charge on any atom is 0.326 e. The summed E-state index contributed by atoms with van der Waals surface area (Å²) in [5, 5.41) is 14.3. The van der Waals surface area contributed by atoms with Gasteiger partial charge in [0.25, 0.3) is 0 Å². The van der Waals surface area contributed by atoms with Gasteiger partial charge in [-0.2, -0.15) is 0 Å². The molecule has 3 N–H and O–H groups in total. The number of nitrogens with one attached hydrogen (secondary N) is 2. The Morgan fingerprint density at radius 2 is 2.00 bits per heavy atom. The zero-order chi connectivity index (χ0) is 14.0. The number of carbonyl (C=O) groups excluding carboxylic acids is 1. The van der Waals surface area contributed by atoms with E-state index < -0.39 is 12.0 Å². The summed E-state index contributed by atoms with van der Waals surface area (Å²) in [5.74, 6) is 1.19. The van der Waals surface area contributed by atoms with E-state index in [1.165, 1.54) is 25.7 Å². The van der Waals surface area contributed by atoms with E-state index in [-0.39, 0.29) is 12.1 Å².